The lowest BCUT2D eigenvalue weighted by molar-refractivity contribution is -0.390. The van der Waals surface area contributed by atoms with E-state index in [-0.39, 0.29) is 0 Å². The predicted octanol–water partition coefficient (Wildman–Crippen LogP) is 1.34. The zero-order valence-corrected chi connectivity index (χ0v) is 10.2. The van der Waals surface area contributed by atoms with Crippen molar-refractivity contribution in [1.82, 2.24) is 4.98 Å². The highest BCUT2D eigenvalue weighted by atomic mass is 79.9. The quantitative estimate of drug-likeness (QED) is 0.662. The second kappa shape index (κ2) is 4.58. The number of nitrogens with two attached hydrogens (primary N) is 1. The van der Waals surface area contributed by atoms with Crippen molar-refractivity contribution in [2.24, 2.45) is 5.14 Å². The summed E-state index contributed by atoms with van der Waals surface area (Å²) in [5, 5.41) is 14.2. The highest BCUT2D eigenvalue weighted by molar-refractivity contribution is 9.10. The van der Waals surface area contributed by atoms with E-state index in [1.807, 2.05) is 0 Å². The highest BCUT2D eigenvalue weighted by Gasteiger charge is 2.29. The van der Waals surface area contributed by atoms with Gasteiger partial charge in [-0.25, -0.2) is 22.3 Å². The number of rotatable bonds is 3. The van der Waals surface area contributed by atoms with Gasteiger partial charge >= 0.3 is 5.82 Å². The SMILES string of the molecule is NS(=O)(=O)c1cc(C(F)F)c(Br)c([N+](=O)[O-])n1. The van der Waals surface area contributed by atoms with E-state index in [0.29, 0.717) is 6.07 Å². The molecule has 0 amide bonds. The van der Waals surface area contributed by atoms with Crippen LogP contribution >= 0.6 is 15.9 Å². The molecule has 0 aromatic carbocycles. The van der Waals surface area contributed by atoms with Crippen molar-refractivity contribution in [1.29, 1.82) is 0 Å². The second-order valence-corrected chi connectivity index (χ2v) is 5.09. The number of primary sulfonamides is 1. The zero-order valence-electron chi connectivity index (χ0n) is 7.80. The minimum absolute atomic E-state index is 0.483. The van der Waals surface area contributed by atoms with E-state index in [9.17, 15) is 27.3 Å². The summed E-state index contributed by atoms with van der Waals surface area (Å²) in [5.74, 6) is -1.04. The Kier molecular flexibility index (Phi) is 3.74. The molecule has 0 spiro atoms. The molecule has 1 aromatic heterocycles. The third-order valence-corrected chi connectivity index (χ3v) is 3.25. The maximum atomic E-state index is 12.5. The van der Waals surface area contributed by atoms with Gasteiger partial charge in [0.25, 0.3) is 21.5 Å². The van der Waals surface area contributed by atoms with Crippen LogP contribution in [0.2, 0.25) is 0 Å². The van der Waals surface area contributed by atoms with Crippen LogP contribution in [0.1, 0.15) is 12.0 Å². The summed E-state index contributed by atoms with van der Waals surface area (Å²) in [4.78, 5) is 12.5. The van der Waals surface area contributed by atoms with Crippen molar-refractivity contribution in [3.8, 4) is 0 Å². The van der Waals surface area contributed by atoms with Gasteiger partial charge in [-0.2, -0.15) is 0 Å². The minimum Gasteiger partial charge on any atom is -0.358 e. The molecule has 0 saturated heterocycles. The van der Waals surface area contributed by atoms with Gasteiger partial charge in [-0.05, 0) is 25.8 Å². The third-order valence-electron chi connectivity index (χ3n) is 1.64. The third kappa shape index (κ3) is 2.92. The summed E-state index contributed by atoms with van der Waals surface area (Å²) >= 11 is 2.56. The molecule has 0 fully saturated rings. The van der Waals surface area contributed by atoms with E-state index in [1.165, 1.54) is 0 Å². The number of hydrogen-bond donors (Lipinski definition) is 1. The Hall–Kier alpha value is -1.20. The van der Waals surface area contributed by atoms with Crippen LogP contribution in [-0.4, -0.2) is 18.3 Å². The van der Waals surface area contributed by atoms with Crippen LogP contribution in [-0.2, 0) is 10.0 Å². The summed E-state index contributed by atoms with van der Waals surface area (Å²) in [6.45, 7) is 0. The molecule has 0 aliphatic heterocycles. The lowest BCUT2D eigenvalue weighted by Gasteiger charge is -2.04. The van der Waals surface area contributed by atoms with Crippen LogP contribution in [0, 0.1) is 10.1 Å². The fourth-order valence-corrected chi connectivity index (χ4v) is 1.96. The molecule has 0 aliphatic carbocycles. The fraction of sp³-hybridized carbons (Fsp3) is 0.167. The van der Waals surface area contributed by atoms with Crippen molar-refractivity contribution < 1.29 is 22.1 Å². The van der Waals surface area contributed by atoms with E-state index in [4.69, 9.17) is 0 Å². The normalized spacial score (nSPS) is 11.8. The van der Waals surface area contributed by atoms with Gasteiger partial charge in [0.05, 0.1) is 0 Å². The molecule has 0 atom stereocenters. The smallest absolute Gasteiger partial charge is 0.358 e. The number of sulfonamides is 1. The number of pyridine rings is 1. The van der Waals surface area contributed by atoms with Crippen molar-refractivity contribution in [2.75, 3.05) is 0 Å². The maximum Gasteiger partial charge on any atom is 0.379 e. The van der Waals surface area contributed by atoms with Gasteiger partial charge in [-0.3, -0.25) is 0 Å². The molecule has 0 radical (unpaired) electrons. The Labute approximate surface area is 102 Å². The molecule has 11 heteroatoms. The van der Waals surface area contributed by atoms with Crippen molar-refractivity contribution in [3.05, 3.63) is 26.2 Å². The average molecular weight is 332 g/mol. The Bertz CT molecular complexity index is 577. The van der Waals surface area contributed by atoms with Crippen LogP contribution < -0.4 is 5.14 Å². The highest BCUT2D eigenvalue weighted by Crippen LogP contribution is 2.34. The first-order chi connectivity index (χ1) is 7.64. The van der Waals surface area contributed by atoms with Crippen LogP contribution in [0.15, 0.2) is 15.6 Å². The number of nitrogens with zero attached hydrogens (tertiary/aromatic N) is 2. The van der Waals surface area contributed by atoms with Crippen LogP contribution in [0.4, 0.5) is 14.6 Å². The van der Waals surface area contributed by atoms with Gasteiger partial charge in [0.1, 0.15) is 4.47 Å². The molecule has 0 bridgehead atoms. The van der Waals surface area contributed by atoms with Gasteiger partial charge in [0.15, 0.2) is 0 Å². The van der Waals surface area contributed by atoms with Crippen LogP contribution in [0.3, 0.4) is 0 Å². The molecular formula is C6H4BrF2N3O4S. The van der Waals surface area contributed by atoms with Gasteiger partial charge in [-0.15, -0.1) is 0 Å². The number of aromatic nitrogens is 1. The van der Waals surface area contributed by atoms with Crippen molar-refractivity contribution >= 4 is 31.8 Å². The zero-order chi connectivity index (χ0) is 13.4. The van der Waals surface area contributed by atoms with E-state index >= 15 is 0 Å². The minimum atomic E-state index is -4.40. The van der Waals surface area contributed by atoms with Crippen LogP contribution in [0.5, 0.6) is 0 Å². The summed E-state index contributed by atoms with van der Waals surface area (Å²) in [5.41, 5.74) is -0.865. The number of alkyl halides is 2. The summed E-state index contributed by atoms with van der Waals surface area (Å²) in [6.07, 6.45) is -3.11. The second-order valence-electron chi connectivity index (χ2n) is 2.79. The molecule has 94 valence electrons. The van der Waals surface area contributed by atoms with Gasteiger partial charge in [-0.1, -0.05) is 0 Å². The van der Waals surface area contributed by atoms with Crippen molar-refractivity contribution in [2.45, 2.75) is 11.5 Å². The van der Waals surface area contributed by atoms with Crippen LogP contribution in [0.25, 0.3) is 0 Å². The Morgan fingerprint density at radius 1 is 1.53 bits per heavy atom. The Morgan fingerprint density at radius 2 is 2.06 bits per heavy atom. The number of halogens is 3. The predicted molar refractivity (Wildman–Crippen MR) is 54.9 cm³/mol. The van der Waals surface area contributed by atoms with E-state index < -0.39 is 42.3 Å². The average Bonchev–Trinajstić information content (AvgIpc) is 2.14. The number of hydrogen-bond acceptors (Lipinski definition) is 5. The lowest BCUT2D eigenvalue weighted by Crippen LogP contribution is -2.15. The summed E-state index contributed by atoms with van der Waals surface area (Å²) in [7, 11) is -4.40. The Balaban J connectivity index is 3.65. The fourth-order valence-electron chi connectivity index (χ4n) is 0.937. The topological polar surface area (TPSA) is 116 Å². The first-order valence-corrected chi connectivity index (χ1v) is 6.14. The first-order valence-electron chi connectivity index (χ1n) is 3.80. The molecule has 1 heterocycles. The first kappa shape index (κ1) is 13.9. The Morgan fingerprint density at radius 3 is 2.41 bits per heavy atom. The van der Waals surface area contributed by atoms with E-state index in [0.717, 1.165) is 0 Å². The molecule has 1 rings (SSSR count). The largest absolute Gasteiger partial charge is 0.379 e. The van der Waals surface area contributed by atoms with E-state index in [2.05, 4.69) is 26.1 Å². The molecule has 0 unspecified atom stereocenters. The van der Waals surface area contributed by atoms with Gasteiger partial charge in [0.2, 0.25) is 0 Å². The number of nitro groups is 1. The summed E-state index contributed by atoms with van der Waals surface area (Å²) < 4.78 is 46.3. The molecular weight excluding hydrogens is 328 g/mol. The molecule has 7 nitrogen and oxygen atoms in total. The maximum absolute atomic E-state index is 12.5. The van der Waals surface area contributed by atoms with E-state index in [1.54, 1.807) is 0 Å². The van der Waals surface area contributed by atoms with Gasteiger partial charge in [0, 0.05) is 11.6 Å². The summed E-state index contributed by atoms with van der Waals surface area (Å²) in [6, 6.07) is 0.483. The molecule has 1 aromatic rings. The monoisotopic (exact) mass is 331 g/mol. The standard InChI is InChI=1S/C6H4BrF2N3O4S/c7-4-2(5(8)9)1-3(17(10,15)16)11-6(4)12(13)14/h1,5H,(H2,10,15,16). The molecule has 0 saturated carbocycles. The molecule has 0 aliphatic rings. The van der Waals surface area contributed by atoms with Crippen molar-refractivity contribution in [3.63, 3.8) is 0 Å². The van der Waals surface area contributed by atoms with Gasteiger partial charge < -0.3 is 10.1 Å². The molecule has 2 N–H and O–H groups in total. The molecule has 17 heavy (non-hydrogen) atoms. The lowest BCUT2D eigenvalue weighted by atomic mass is 10.3.